The van der Waals surface area contributed by atoms with E-state index >= 15 is 0 Å². The molecule has 162 valence electrons. The van der Waals surface area contributed by atoms with Crippen molar-refractivity contribution in [3.05, 3.63) is 58.9 Å². The molecule has 5 aromatic rings. The number of nitrogens with zero attached hydrogens (tertiary/aromatic N) is 3. The van der Waals surface area contributed by atoms with Crippen molar-refractivity contribution in [3.63, 3.8) is 0 Å². The molecule has 0 aliphatic carbocycles. The van der Waals surface area contributed by atoms with Gasteiger partial charge in [0.05, 0.1) is 38.5 Å². The number of amides is 1. The Bertz CT molecular complexity index is 1480. The predicted octanol–water partition coefficient (Wildman–Crippen LogP) is 4.86. The zero-order valence-corrected chi connectivity index (χ0v) is 19.3. The highest BCUT2D eigenvalue weighted by molar-refractivity contribution is 7.25. The third-order valence-corrected chi connectivity index (χ3v) is 7.65. The molecule has 2 N–H and O–H groups in total. The van der Waals surface area contributed by atoms with Crippen molar-refractivity contribution in [2.45, 2.75) is 13.5 Å². The summed E-state index contributed by atoms with van der Waals surface area (Å²) < 4.78 is 9.19. The maximum atomic E-state index is 12.3. The van der Waals surface area contributed by atoms with E-state index < -0.39 is 0 Å². The Labute approximate surface area is 191 Å². The third-order valence-electron chi connectivity index (χ3n) is 5.45. The third kappa shape index (κ3) is 3.35. The molecule has 0 spiro atoms. The molecule has 0 atom stereocenters. The Morgan fingerprint density at radius 2 is 2.12 bits per heavy atom. The minimum absolute atomic E-state index is 0.0727. The molecule has 4 aromatic heterocycles. The van der Waals surface area contributed by atoms with Gasteiger partial charge in [-0.25, -0.2) is 4.98 Å². The second-order valence-electron chi connectivity index (χ2n) is 7.32. The number of aryl methyl sites for hydroxylation is 1. The van der Waals surface area contributed by atoms with Crippen LogP contribution in [0.4, 0.5) is 0 Å². The Kier molecular flexibility index (Phi) is 5.16. The van der Waals surface area contributed by atoms with Crippen molar-refractivity contribution in [3.8, 4) is 21.4 Å². The van der Waals surface area contributed by atoms with Gasteiger partial charge in [-0.1, -0.05) is 0 Å². The number of aromatic nitrogens is 3. The van der Waals surface area contributed by atoms with Gasteiger partial charge in [0, 0.05) is 48.9 Å². The van der Waals surface area contributed by atoms with Crippen LogP contribution in [0.1, 0.15) is 21.7 Å². The number of rotatable bonds is 5. The highest BCUT2D eigenvalue weighted by atomic mass is 32.1. The number of aliphatic hydroxyl groups is 1. The van der Waals surface area contributed by atoms with Gasteiger partial charge in [0.2, 0.25) is 0 Å². The van der Waals surface area contributed by atoms with Crippen LogP contribution in [-0.4, -0.2) is 32.6 Å². The van der Waals surface area contributed by atoms with E-state index in [1.807, 2.05) is 54.3 Å². The highest BCUT2D eigenvalue weighted by Crippen LogP contribution is 2.40. The Morgan fingerprint density at radius 1 is 1.28 bits per heavy atom. The van der Waals surface area contributed by atoms with Gasteiger partial charge in [0.15, 0.2) is 0 Å². The quantitative estimate of drug-likeness (QED) is 0.388. The summed E-state index contributed by atoms with van der Waals surface area (Å²) in [6.07, 6.45) is 1.73. The van der Waals surface area contributed by atoms with Gasteiger partial charge in [-0.2, -0.15) is 0 Å². The lowest BCUT2D eigenvalue weighted by atomic mass is 10.1. The molecule has 0 saturated carbocycles. The molecular weight excluding hydrogens is 444 g/mol. The van der Waals surface area contributed by atoms with E-state index in [1.54, 1.807) is 24.6 Å². The van der Waals surface area contributed by atoms with Crippen molar-refractivity contribution >= 4 is 49.7 Å². The maximum absolute atomic E-state index is 12.3. The second-order valence-corrected chi connectivity index (χ2v) is 9.23. The average molecular weight is 465 g/mol. The topological polar surface area (TPSA) is 89.3 Å². The number of benzene rings is 1. The molecular formula is C23H20N4O3S2. The molecule has 0 bridgehead atoms. The van der Waals surface area contributed by atoms with Crippen LogP contribution >= 0.6 is 22.7 Å². The fourth-order valence-electron chi connectivity index (χ4n) is 3.74. The number of carbonyl (C=O) groups is 1. The van der Waals surface area contributed by atoms with Crippen LogP contribution in [0.5, 0.6) is 11.5 Å². The summed E-state index contributed by atoms with van der Waals surface area (Å²) in [7, 11) is 3.58. The molecule has 0 aliphatic heterocycles. The van der Waals surface area contributed by atoms with E-state index in [1.165, 1.54) is 11.3 Å². The number of thiazole rings is 1. The van der Waals surface area contributed by atoms with Gasteiger partial charge < -0.3 is 19.7 Å². The van der Waals surface area contributed by atoms with E-state index in [9.17, 15) is 9.90 Å². The molecule has 9 heteroatoms. The van der Waals surface area contributed by atoms with Crippen LogP contribution in [0.15, 0.2) is 41.9 Å². The summed E-state index contributed by atoms with van der Waals surface area (Å²) >= 11 is 3.06. The predicted molar refractivity (Wildman–Crippen MR) is 128 cm³/mol. The van der Waals surface area contributed by atoms with Crippen LogP contribution in [0.25, 0.3) is 31.0 Å². The van der Waals surface area contributed by atoms with E-state index in [0.717, 1.165) is 36.7 Å². The fraction of sp³-hybridized carbons (Fsp3) is 0.174. The first-order valence-corrected chi connectivity index (χ1v) is 11.6. The normalized spacial score (nSPS) is 11.4. The summed E-state index contributed by atoms with van der Waals surface area (Å²) in [5.41, 5.74) is 4.00. The van der Waals surface area contributed by atoms with Crippen molar-refractivity contribution < 1.29 is 14.6 Å². The molecule has 0 aliphatic rings. The van der Waals surface area contributed by atoms with Crippen LogP contribution in [0.3, 0.4) is 0 Å². The molecule has 1 aromatic carbocycles. The number of thiophene rings is 1. The van der Waals surface area contributed by atoms with Gasteiger partial charge in [0.25, 0.3) is 5.91 Å². The Morgan fingerprint density at radius 3 is 2.88 bits per heavy atom. The number of pyridine rings is 1. The molecule has 32 heavy (non-hydrogen) atoms. The van der Waals surface area contributed by atoms with E-state index in [4.69, 9.17) is 4.74 Å². The SMILES string of the molecule is CNC(=O)c1c(C)n(C)c2cc(Oc3ccnc4cc(-c5nc(CO)cs5)sc34)ccc12. The van der Waals surface area contributed by atoms with Crippen LogP contribution in [0, 0.1) is 6.92 Å². The largest absolute Gasteiger partial charge is 0.456 e. The average Bonchev–Trinajstić information content (AvgIpc) is 3.51. The lowest BCUT2D eigenvalue weighted by Crippen LogP contribution is -2.18. The van der Waals surface area contributed by atoms with E-state index in [0.29, 0.717) is 22.8 Å². The summed E-state index contributed by atoms with van der Waals surface area (Å²) in [4.78, 5) is 22.3. The zero-order chi connectivity index (χ0) is 22.4. The zero-order valence-electron chi connectivity index (χ0n) is 17.7. The standard InChI is InChI=1S/C23H20N4O3S2/c1-12-20(22(29)24-2)15-5-4-14(8-17(15)27(12)3)30-18-6-7-25-16-9-19(32-21(16)18)23-26-13(10-28)11-31-23/h4-9,11,28H,10H2,1-3H3,(H,24,29). The number of fused-ring (bicyclic) bond motifs is 2. The summed E-state index contributed by atoms with van der Waals surface area (Å²) in [5.74, 6) is 1.29. The van der Waals surface area contributed by atoms with Gasteiger partial charge >= 0.3 is 0 Å². The number of nitrogens with one attached hydrogen (secondary N) is 1. The first kappa shape index (κ1) is 20.6. The van der Waals surface area contributed by atoms with Crippen molar-refractivity contribution in [2.24, 2.45) is 7.05 Å². The smallest absolute Gasteiger partial charge is 0.253 e. The molecule has 5 rings (SSSR count). The molecule has 0 fully saturated rings. The van der Waals surface area contributed by atoms with Crippen molar-refractivity contribution in [1.82, 2.24) is 19.9 Å². The number of hydrogen-bond donors (Lipinski definition) is 2. The van der Waals surface area contributed by atoms with Gasteiger partial charge in [0.1, 0.15) is 16.5 Å². The maximum Gasteiger partial charge on any atom is 0.253 e. The number of hydrogen-bond acceptors (Lipinski definition) is 7. The Hall–Kier alpha value is -3.27. The van der Waals surface area contributed by atoms with Crippen molar-refractivity contribution in [2.75, 3.05) is 7.05 Å². The van der Waals surface area contributed by atoms with Gasteiger partial charge in [-0.3, -0.25) is 9.78 Å². The molecule has 0 radical (unpaired) electrons. The Balaban J connectivity index is 1.54. The van der Waals surface area contributed by atoms with Crippen LogP contribution in [-0.2, 0) is 13.7 Å². The molecule has 4 heterocycles. The fourth-order valence-corrected chi connectivity index (χ4v) is 5.68. The van der Waals surface area contributed by atoms with Gasteiger partial charge in [-0.15, -0.1) is 22.7 Å². The molecule has 0 saturated heterocycles. The van der Waals surface area contributed by atoms with Crippen molar-refractivity contribution in [1.29, 1.82) is 0 Å². The molecule has 0 unspecified atom stereocenters. The summed E-state index contributed by atoms with van der Waals surface area (Å²) in [6.45, 7) is 1.86. The first-order valence-electron chi connectivity index (χ1n) is 9.93. The van der Waals surface area contributed by atoms with Crippen LogP contribution in [0.2, 0.25) is 0 Å². The van der Waals surface area contributed by atoms with E-state index in [2.05, 4.69) is 15.3 Å². The second kappa shape index (κ2) is 8.01. The van der Waals surface area contributed by atoms with Crippen LogP contribution < -0.4 is 10.1 Å². The number of carbonyl (C=O) groups excluding carboxylic acids is 1. The van der Waals surface area contributed by atoms with Gasteiger partial charge in [-0.05, 0) is 25.1 Å². The van der Waals surface area contributed by atoms with E-state index in [-0.39, 0.29) is 12.5 Å². The molecule has 7 nitrogen and oxygen atoms in total. The lowest BCUT2D eigenvalue weighted by Gasteiger charge is -2.07. The molecule has 1 amide bonds. The first-order chi connectivity index (χ1) is 15.5. The highest BCUT2D eigenvalue weighted by Gasteiger charge is 2.19. The summed E-state index contributed by atoms with van der Waals surface area (Å²) in [5, 5.41) is 15.6. The number of aliphatic hydroxyl groups excluding tert-OH is 1. The number of ether oxygens (including phenoxy) is 1. The monoisotopic (exact) mass is 464 g/mol. The lowest BCUT2D eigenvalue weighted by molar-refractivity contribution is 0.0964. The minimum Gasteiger partial charge on any atom is -0.456 e. The minimum atomic E-state index is -0.102. The summed E-state index contributed by atoms with van der Waals surface area (Å²) in [6, 6.07) is 9.59.